The Morgan fingerprint density at radius 1 is 1.07 bits per heavy atom. The van der Waals surface area contributed by atoms with Crippen molar-refractivity contribution in [3.63, 3.8) is 0 Å². The van der Waals surface area contributed by atoms with Crippen molar-refractivity contribution >= 4 is 28.3 Å². The molecule has 1 amide bonds. The fourth-order valence-electron chi connectivity index (χ4n) is 3.07. The summed E-state index contributed by atoms with van der Waals surface area (Å²) in [5.41, 5.74) is 3.20. The van der Waals surface area contributed by atoms with Gasteiger partial charge in [-0.1, -0.05) is 24.3 Å². The summed E-state index contributed by atoms with van der Waals surface area (Å²) in [5, 5.41) is 7.22. The second-order valence-electron chi connectivity index (χ2n) is 6.43. The third-order valence-electron chi connectivity index (χ3n) is 4.48. The lowest BCUT2D eigenvalue weighted by Gasteiger charge is -2.08. The Morgan fingerprint density at radius 2 is 1.96 bits per heavy atom. The Balaban J connectivity index is 1.32. The van der Waals surface area contributed by atoms with Crippen LogP contribution in [0, 0.1) is 5.82 Å². The first-order valence-corrected chi connectivity index (χ1v) is 9.01. The molecule has 0 spiro atoms. The topological polar surface area (TPSA) is 69.8 Å². The first-order valence-electron chi connectivity index (χ1n) is 9.01. The second-order valence-corrected chi connectivity index (χ2v) is 6.43. The van der Waals surface area contributed by atoms with E-state index in [1.807, 2.05) is 18.3 Å². The molecule has 5 nitrogen and oxygen atoms in total. The van der Waals surface area contributed by atoms with Gasteiger partial charge in [-0.3, -0.25) is 4.79 Å². The molecule has 0 radical (unpaired) electrons. The first kappa shape index (κ1) is 17.7. The molecule has 4 rings (SSSR count). The van der Waals surface area contributed by atoms with E-state index in [1.54, 1.807) is 24.4 Å². The summed E-state index contributed by atoms with van der Waals surface area (Å²) in [4.78, 5) is 19.7. The van der Waals surface area contributed by atoms with Crippen molar-refractivity contribution in [3.05, 3.63) is 90.0 Å². The monoisotopic (exact) mass is 374 g/mol. The van der Waals surface area contributed by atoms with Crippen LogP contribution >= 0.6 is 0 Å². The number of halogens is 1. The molecule has 0 saturated heterocycles. The highest BCUT2D eigenvalue weighted by Gasteiger charge is 2.07. The molecule has 2 heterocycles. The minimum absolute atomic E-state index is 0.265. The zero-order chi connectivity index (χ0) is 19.3. The van der Waals surface area contributed by atoms with Crippen LogP contribution in [0.3, 0.4) is 0 Å². The van der Waals surface area contributed by atoms with Crippen LogP contribution < -0.4 is 10.6 Å². The fourth-order valence-corrected chi connectivity index (χ4v) is 3.07. The number of amides is 1. The third kappa shape index (κ3) is 4.01. The number of aromatic amines is 1. The van der Waals surface area contributed by atoms with E-state index in [-0.39, 0.29) is 11.5 Å². The number of carbonyl (C=O) groups is 1. The zero-order valence-electron chi connectivity index (χ0n) is 15.1. The van der Waals surface area contributed by atoms with Gasteiger partial charge in [-0.25, -0.2) is 9.37 Å². The maximum Gasteiger partial charge on any atom is 0.255 e. The van der Waals surface area contributed by atoms with Crippen LogP contribution in [0.2, 0.25) is 0 Å². The van der Waals surface area contributed by atoms with Crippen molar-refractivity contribution in [1.29, 1.82) is 0 Å². The molecule has 0 aliphatic rings. The SMILES string of the molecule is O=C(Nc1ccc(NCCc2c[nH]c3ccccc23)nc1)c1cccc(F)c1. The molecular weight excluding hydrogens is 355 g/mol. The molecule has 6 heteroatoms. The van der Waals surface area contributed by atoms with Gasteiger partial charge in [0.1, 0.15) is 11.6 Å². The van der Waals surface area contributed by atoms with Crippen LogP contribution in [0.25, 0.3) is 10.9 Å². The maximum atomic E-state index is 13.2. The lowest BCUT2D eigenvalue weighted by molar-refractivity contribution is 0.102. The predicted molar refractivity (Wildman–Crippen MR) is 109 cm³/mol. The fraction of sp³-hybridized carbons (Fsp3) is 0.0909. The molecule has 0 aliphatic carbocycles. The Morgan fingerprint density at radius 3 is 2.79 bits per heavy atom. The van der Waals surface area contributed by atoms with E-state index in [9.17, 15) is 9.18 Å². The van der Waals surface area contributed by atoms with Crippen molar-refractivity contribution in [1.82, 2.24) is 9.97 Å². The number of anilines is 2. The van der Waals surface area contributed by atoms with E-state index >= 15 is 0 Å². The van der Waals surface area contributed by atoms with Crippen LogP contribution in [-0.4, -0.2) is 22.4 Å². The Hall–Kier alpha value is -3.67. The number of aromatic nitrogens is 2. The number of para-hydroxylation sites is 1. The number of H-pyrrole nitrogens is 1. The first-order chi connectivity index (χ1) is 13.7. The minimum Gasteiger partial charge on any atom is -0.370 e. The molecule has 4 aromatic rings. The van der Waals surface area contributed by atoms with E-state index in [1.165, 1.54) is 29.1 Å². The molecular formula is C22H19FN4O. The minimum atomic E-state index is -0.444. The van der Waals surface area contributed by atoms with Crippen LogP contribution in [0.5, 0.6) is 0 Å². The highest BCUT2D eigenvalue weighted by atomic mass is 19.1. The predicted octanol–water partition coefficient (Wildman–Crippen LogP) is 4.61. The van der Waals surface area contributed by atoms with Gasteiger partial charge in [-0.15, -0.1) is 0 Å². The smallest absolute Gasteiger partial charge is 0.255 e. The molecule has 2 aromatic heterocycles. The number of hydrogen-bond acceptors (Lipinski definition) is 3. The molecule has 0 unspecified atom stereocenters. The van der Waals surface area contributed by atoms with Crippen LogP contribution in [-0.2, 0) is 6.42 Å². The van der Waals surface area contributed by atoms with Gasteiger partial charge in [0.15, 0.2) is 0 Å². The largest absolute Gasteiger partial charge is 0.370 e. The molecule has 0 aliphatic heterocycles. The maximum absolute atomic E-state index is 13.2. The van der Waals surface area contributed by atoms with Crippen molar-refractivity contribution in [2.24, 2.45) is 0 Å². The average Bonchev–Trinajstić information content (AvgIpc) is 3.12. The lowest BCUT2D eigenvalue weighted by Crippen LogP contribution is -2.12. The Kier molecular flexibility index (Phi) is 5.01. The lowest BCUT2D eigenvalue weighted by atomic mass is 10.1. The van der Waals surface area contributed by atoms with Crippen LogP contribution in [0.15, 0.2) is 73.1 Å². The summed E-state index contributed by atoms with van der Waals surface area (Å²) in [6.07, 6.45) is 4.47. The van der Waals surface area contributed by atoms with E-state index < -0.39 is 5.82 Å². The molecule has 2 aromatic carbocycles. The summed E-state index contributed by atoms with van der Waals surface area (Å²) < 4.78 is 13.2. The van der Waals surface area contributed by atoms with Gasteiger partial charge >= 0.3 is 0 Å². The van der Waals surface area contributed by atoms with Crippen molar-refractivity contribution < 1.29 is 9.18 Å². The summed E-state index contributed by atoms with van der Waals surface area (Å²) in [6, 6.07) is 17.3. The summed E-state index contributed by atoms with van der Waals surface area (Å²) in [6.45, 7) is 0.740. The number of nitrogens with one attached hydrogen (secondary N) is 3. The van der Waals surface area contributed by atoms with Crippen molar-refractivity contribution in [2.45, 2.75) is 6.42 Å². The highest BCUT2D eigenvalue weighted by molar-refractivity contribution is 6.04. The third-order valence-corrected chi connectivity index (χ3v) is 4.48. The molecule has 140 valence electrons. The Bertz CT molecular complexity index is 1100. The Labute approximate surface area is 161 Å². The van der Waals surface area contributed by atoms with Gasteiger partial charge < -0.3 is 15.6 Å². The average molecular weight is 374 g/mol. The summed E-state index contributed by atoms with van der Waals surface area (Å²) >= 11 is 0. The van der Waals surface area contributed by atoms with Gasteiger partial charge in [0, 0.05) is 29.2 Å². The van der Waals surface area contributed by atoms with Crippen molar-refractivity contribution in [2.75, 3.05) is 17.2 Å². The van der Waals surface area contributed by atoms with Crippen LogP contribution in [0.1, 0.15) is 15.9 Å². The molecule has 3 N–H and O–H groups in total. The van der Waals surface area contributed by atoms with E-state index in [0.717, 1.165) is 24.3 Å². The van der Waals surface area contributed by atoms with E-state index in [4.69, 9.17) is 0 Å². The molecule has 0 atom stereocenters. The second kappa shape index (κ2) is 7.92. The zero-order valence-corrected chi connectivity index (χ0v) is 15.1. The van der Waals surface area contributed by atoms with Gasteiger partial charge in [0.2, 0.25) is 0 Å². The van der Waals surface area contributed by atoms with E-state index in [0.29, 0.717) is 5.69 Å². The van der Waals surface area contributed by atoms with Crippen LogP contribution in [0.4, 0.5) is 15.9 Å². The normalized spacial score (nSPS) is 10.8. The van der Waals surface area contributed by atoms with Crippen molar-refractivity contribution in [3.8, 4) is 0 Å². The number of benzene rings is 2. The molecule has 28 heavy (non-hydrogen) atoms. The summed E-state index contributed by atoms with van der Waals surface area (Å²) in [5.74, 6) is -0.0922. The van der Waals surface area contributed by atoms with Gasteiger partial charge in [0.05, 0.1) is 11.9 Å². The standard InChI is InChI=1S/C22H19FN4O/c23-17-5-3-4-15(12-17)22(28)27-18-8-9-21(26-14-18)24-11-10-16-13-25-20-7-2-1-6-19(16)20/h1-9,12-14,25H,10-11H2,(H,24,26)(H,27,28). The molecule has 0 saturated carbocycles. The molecule has 0 fully saturated rings. The number of fused-ring (bicyclic) bond motifs is 1. The van der Waals surface area contributed by atoms with E-state index in [2.05, 4.69) is 32.7 Å². The number of hydrogen-bond donors (Lipinski definition) is 3. The summed E-state index contributed by atoms with van der Waals surface area (Å²) in [7, 11) is 0. The quantitative estimate of drug-likeness (QED) is 0.462. The van der Waals surface area contributed by atoms with Gasteiger partial charge in [-0.2, -0.15) is 0 Å². The number of carbonyl (C=O) groups excluding carboxylic acids is 1. The van der Waals surface area contributed by atoms with Gasteiger partial charge in [0.25, 0.3) is 5.91 Å². The number of rotatable bonds is 6. The highest BCUT2D eigenvalue weighted by Crippen LogP contribution is 2.18. The number of nitrogens with zero attached hydrogens (tertiary/aromatic N) is 1. The number of pyridine rings is 1. The van der Waals surface area contributed by atoms with Gasteiger partial charge in [-0.05, 0) is 48.4 Å². The molecule has 0 bridgehead atoms.